The van der Waals surface area contributed by atoms with Crippen molar-refractivity contribution in [2.45, 2.75) is 31.4 Å². The number of aromatic amines is 1. The molecule has 0 saturated carbocycles. The molecule has 10 nitrogen and oxygen atoms in total. The number of ether oxygens (including phenoxy) is 1. The second-order valence-corrected chi connectivity index (χ2v) is 7.49. The Morgan fingerprint density at radius 2 is 1.90 bits per heavy atom. The van der Waals surface area contributed by atoms with Gasteiger partial charge in [-0.15, -0.1) is 0 Å². The first-order valence-electron chi connectivity index (χ1n) is 9.57. The van der Waals surface area contributed by atoms with Crippen LogP contribution >= 0.6 is 11.6 Å². The summed E-state index contributed by atoms with van der Waals surface area (Å²) in [6, 6.07) is 1.85. The van der Waals surface area contributed by atoms with Gasteiger partial charge in [0.2, 0.25) is 5.95 Å². The molecule has 0 spiro atoms. The van der Waals surface area contributed by atoms with Crippen LogP contribution in [0.3, 0.4) is 0 Å². The van der Waals surface area contributed by atoms with E-state index in [-0.39, 0.29) is 17.2 Å². The molecule has 0 radical (unpaired) electrons. The Morgan fingerprint density at radius 3 is 2.66 bits per heavy atom. The van der Waals surface area contributed by atoms with Gasteiger partial charge in [-0.05, 0) is 18.9 Å². The quantitative estimate of drug-likeness (QED) is 0.759. The predicted octanol–water partition coefficient (Wildman–Crippen LogP) is 1.19. The van der Waals surface area contributed by atoms with Crippen LogP contribution in [0.4, 0.5) is 16.4 Å². The predicted molar refractivity (Wildman–Crippen MR) is 107 cm³/mol. The van der Waals surface area contributed by atoms with Crippen molar-refractivity contribution in [3.8, 4) is 0 Å². The van der Waals surface area contributed by atoms with Crippen LogP contribution in [-0.2, 0) is 4.74 Å². The SMILES string of the molecule is O=C(NC1CCN(c2ncccn2)CC1)OC1CCN(c2cn[nH]c(=O)c2Cl)C1. The zero-order chi connectivity index (χ0) is 20.2. The number of piperidine rings is 1. The van der Waals surface area contributed by atoms with E-state index in [1.165, 1.54) is 6.20 Å². The minimum Gasteiger partial charge on any atom is -0.444 e. The van der Waals surface area contributed by atoms with Crippen molar-refractivity contribution >= 4 is 29.3 Å². The second kappa shape index (κ2) is 8.64. The van der Waals surface area contributed by atoms with Crippen LogP contribution in [0, 0.1) is 0 Å². The third-order valence-electron chi connectivity index (χ3n) is 5.19. The van der Waals surface area contributed by atoms with Gasteiger partial charge in [-0.1, -0.05) is 11.6 Å². The van der Waals surface area contributed by atoms with Gasteiger partial charge in [-0.25, -0.2) is 19.9 Å². The molecule has 1 unspecified atom stereocenters. The van der Waals surface area contributed by atoms with Crippen LogP contribution in [0.5, 0.6) is 0 Å². The molecule has 2 aromatic rings. The molecule has 2 aliphatic heterocycles. The highest BCUT2D eigenvalue weighted by atomic mass is 35.5. The minimum absolute atomic E-state index is 0.0614. The highest BCUT2D eigenvalue weighted by Crippen LogP contribution is 2.26. The number of rotatable bonds is 4. The lowest BCUT2D eigenvalue weighted by molar-refractivity contribution is 0.103. The van der Waals surface area contributed by atoms with Gasteiger partial charge in [0, 0.05) is 44.5 Å². The summed E-state index contributed by atoms with van der Waals surface area (Å²) in [7, 11) is 0. The second-order valence-electron chi connectivity index (χ2n) is 7.11. The van der Waals surface area contributed by atoms with Crippen molar-refractivity contribution in [2.24, 2.45) is 0 Å². The van der Waals surface area contributed by atoms with Gasteiger partial charge in [0.05, 0.1) is 18.4 Å². The van der Waals surface area contributed by atoms with Gasteiger partial charge < -0.3 is 19.9 Å². The molecule has 29 heavy (non-hydrogen) atoms. The molecule has 2 fully saturated rings. The Labute approximate surface area is 172 Å². The summed E-state index contributed by atoms with van der Waals surface area (Å²) in [5.41, 5.74) is 0.121. The topological polar surface area (TPSA) is 116 Å². The molecule has 2 N–H and O–H groups in total. The highest BCUT2D eigenvalue weighted by Gasteiger charge is 2.29. The Morgan fingerprint density at radius 1 is 1.17 bits per heavy atom. The van der Waals surface area contributed by atoms with Crippen LogP contribution in [-0.4, -0.2) is 64.6 Å². The number of carbonyl (C=O) groups is 1. The van der Waals surface area contributed by atoms with E-state index in [1.807, 2.05) is 4.90 Å². The molecule has 1 amide bonds. The number of H-pyrrole nitrogens is 1. The summed E-state index contributed by atoms with van der Waals surface area (Å²) in [5, 5.41) is 9.13. The monoisotopic (exact) mass is 419 g/mol. The molecule has 0 aromatic carbocycles. The first kappa shape index (κ1) is 19.4. The lowest BCUT2D eigenvalue weighted by atomic mass is 10.1. The number of alkyl carbamates (subject to hydrolysis) is 1. The molecule has 4 rings (SSSR count). The van der Waals surface area contributed by atoms with E-state index in [9.17, 15) is 9.59 Å². The molecule has 154 valence electrons. The van der Waals surface area contributed by atoms with Gasteiger partial charge in [-0.2, -0.15) is 5.10 Å². The van der Waals surface area contributed by atoms with Gasteiger partial charge in [-0.3, -0.25) is 4.79 Å². The van der Waals surface area contributed by atoms with Crippen molar-refractivity contribution in [3.05, 3.63) is 40.0 Å². The summed E-state index contributed by atoms with van der Waals surface area (Å²) in [5.74, 6) is 0.715. The number of carbonyl (C=O) groups excluding carboxylic acids is 1. The van der Waals surface area contributed by atoms with E-state index in [0.717, 1.165) is 25.9 Å². The van der Waals surface area contributed by atoms with Gasteiger partial charge in [0.15, 0.2) is 0 Å². The van der Waals surface area contributed by atoms with E-state index in [1.54, 1.807) is 18.5 Å². The first-order valence-corrected chi connectivity index (χ1v) is 9.95. The van der Waals surface area contributed by atoms with Crippen LogP contribution < -0.4 is 20.7 Å². The normalized spacial score (nSPS) is 20.0. The third-order valence-corrected chi connectivity index (χ3v) is 5.55. The molecule has 1 atom stereocenters. The number of amides is 1. The fourth-order valence-electron chi connectivity index (χ4n) is 3.67. The Bertz CT molecular complexity index is 902. The average Bonchev–Trinajstić information content (AvgIpc) is 3.19. The van der Waals surface area contributed by atoms with Gasteiger partial charge in [0.1, 0.15) is 11.1 Å². The molecular weight excluding hydrogens is 398 g/mol. The third kappa shape index (κ3) is 4.58. The molecule has 4 heterocycles. The Balaban J connectivity index is 1.24. The Hall–Kier alpha value is -2.88. The molecule has 2 aromatic heterocycles. The fourth-order valence-corrected chi connectivity index (χ4v) is 3.88. The molecule has 2 saturated heterocycles. The van der Waals surface area contributed by atoms with E-state index in [0.29, 0.717) is 31.1 Å². The van der Waals surface area contributed by atoms with Crippen LogP contribution in [0.15, 0.2) is 29.5 Å². The summed E-state index contributed by atoms with van der Waals surface area (Å²) < 4.78 is 5.57. The van der Waals surface area contributed by atoms with Crippen molar-refractivity contribution in [1.29, 1.82) is 0 Å². The molecule has 2 aliphatic rings. The number of aromatic nitrogens is 4. The van der Waals surface area contributed by atoms with E-state index < -0.39 is 11.7 Å². The highest BCUT2D eigenvalue weighted by molar-refractivity contribution is 6.33. The lowest BCUT2D eigenvalue weighted by Crippen LogP contribution is -2.46. The maximum absolute atomic E-state index is 12.3. The minimum atomic E-state index is -0.432. The number of nitrogens with zero attached hydrogens (tertiary/aromatic N) is 5. The number of hydrogen-bond acceptors (Lipinski definition) is 8. The van der Waals surface area contributed by atoms with Crippen LogP contribution in [0.1, 0.15) is 19.3 Å². The van der Waals surface area contributed by atoms with Crippen molar-refractivity contribution in [1.82, 2.24) is 25.5 Å². The van der Waals surface area contributed by atoms with Gasteiger partial charge >= 0.3 is 6.09 Å². The van der Waals surface area contributed by atoms with Gasteiger partial charge in [0.25, 0.3) is 5.56 Å². The van der Waals surface area contributed by atoms with Crippen LogP contribution in [0.25, 0.3) is 0 Å². The van der Waals surface area contributed by atoms with Crippen LogP contribution in [0.2, 0.25) is 5.02 Å². The fraction of sp³-hybridized carbons (Fsp3) is 0.500. The molecular formula is C18H22ClN7O3. The zero-order valence-electron chi connectivity index (χ0n) is 15.8. The summed E-state index contributed by atoms with van der Waals surface area (Å²) in [4.78, 5) is 36.4. The number of nitrogens with one attached hydrogen (secondary N) is 2. The molecule has 0 bridgehead atoms. The lowest BCUT2D eigenvalue weighted by Gasteiger charge is -2.32. The maximum atomic E-state index is 12.3. The first-order chi connectivity index (χ1) is 14.1. The van der Waals surface area contributed by atoms with Crippen molar-refractivity contribution < 1.29 is 9.53 Å². The van der Waals surface area contributed by atoms with E-state index >= 15 is 0 Å². The van der Waals surface area contributed by atoms with E-state index in [2.05, 4.69) is 30.4 Å². The number of halogens is 1. The largest absolute Gasteiger partial charge is 0.444 e. The molecule has 0 aliphatic carbocycles. The number of hydrogen-bond donors (Lipinski definition) is 2. The standard InChI is InChI=1S/C18H22ClN7O3/c19-15-14(10-22-24-16(15)27)26-9-4-13(11-26)29-18(28)23-12-2-7-25(8-3-12)17-20-5-1-6-21-17/h1,5-6,10,12-13H,2-4,7-9,11H2,(H,23,28)(H,24,27). The Kier molecular flexibility index (Phi) is 5.79. The van der Waals surface area contributed by atoms with Crippen molar-refractivity contribution in [2.75, 3.05) is 36.0 Å². The van der Waals surface area contributed by atoms with E-state index in [4.69, 9.17) is 16.3 Å². The summed E-state index contributed by atoms with van der Waals surface area (Å²) in [6.45, 7) is 2.67. The molecule has 11 heteroatoms. The smallest absolute Gasteiger partial charge is 0.407 e. The zero-order valence-corrected chi connectivity index (χ0v) is 16.5. The number of anilines is 2. The summed E-state index contributed by atoms with van der Waals surface area (Å²) >= 11 is 6.05. The summed E-state index contributed by atoms with van der Waals surface area (Å²) in [6.07, 6.45) is 6.56. The van der Waals surface area contributed by atoms with Crippen molar-refractivity contribution in [3.63, 3.8) is 0 Å². The maximum Gasteiger partial charge on any atom is 0.407 e. The average molecular weight is 420 g/mol.